The highest BCUT2D eigenvalue weighted by Gasteiger charge is 2.11. The molecule has 1 nitrogen and oxygen atoms in total. The van der Waals surface area contributed by atoms with Crippen LogP contribution < -0.4 is 0 Å². The molecular formula is C6H10OPS+. The summed E-state index contributed by atoms with van der Waals surface area (Å²) in [5.41, 5.74) is 0. The third-order valence-electron chi connectivity index (χ3n) is 0.615. The van der Waals surface area contributed by atoms with Crippen LogP contribution in [0.25, 0.3) is 0 Å². The Morgan fingerprint density at radius 2 is 2.11 bits per heavy atom. The van der Waals surface area contributed by atoms with Gasteiger partial charge in [0, 0.05) is 0 Å². The van der Waals surface area contributed by atoms with Crippen LogP contribution >= 0.6 is 18.4 Å². The van der Waals surface area contributed by atoms with Crippen LogP contribution in [0.15, 0.2) is 25.3 Å². The lowest BCUT2D eigenvalue weighted by atomic mass is 10.8. The smallest absolute Gasteiger partial charge is 0.102 e. The molecule has 1 unspecified atom stereocenters. The van der Waals surface area contributed by atoms with Gasteiger partial charge in [0.15, 0.2) is 6.16 Å². The number of rotatable bonds is 5. The van der Waals surface area contributed by atoms with Crippen molar-refractivity contribution in [1.82, 2.24) is 0 Å². The highest BCUT2D eigenvalue weighted by molar-refractivity contribution is 8.51. The van der Waals surface area contributed by atoms with Crippen molar-refractivity contribution in [2.24, 2.45) is 0 Å². The summed E-state index contributed by atoms with van der Waals surface area (Å²) in [5, 5.41) is 0. The first-order chi connectivity index (χ1) is 4.31. The summed E-state index contributed by atoms with van der Waals surface area (Å²) in [4.78, 5) is 0. The minimum Gasteiger partial charge on any atom is -0.102 e. The molecule has 0 saturated carbocycles. The van der Waals surface area contributed by atoms with Gasteiger partial charge < -0.3 is 0 Å². The molecule has 50 valence electrons. The monoisotopic (exact) mass is 161 g/mol. The third kappa shape index (κ3) is 5.81. The number of hydrogen-bond donors (Lipinski definition) is 0. The molecule has 0 spiro atoms. The molecule has 0 saturated heterocycles. The van der Waals surface area contributed by atoms with E-state index in [9.17, 15) is 4.57 Å². The summed E-state index contributed by atoms with van der Waals surface area (Å²) in [6.07, 6.45) is 4.03. The van der Waals surface area contributed by atoms with E-state index < -0.39 is 7.00 Å². The summed E-state index contributed by atoms with van der Waals surface area (Å²) in [5.74, 6) is 0.767. The van der Waals surface area contributed by atoms with Gasteiger partial charge in [-0.3, -0.25) is 0 Å². The van der Waals surface area contributed by atoms with Gasteiger partial charge in [-0.25, -0.2) is 0 Å². The maximum atomic E-state index is 10.8. The highest BCUT2D eigenvalue weighted by atomic mass is 32.7. The molecule has 0 bridgehead atoms. The number of allylic oxidation sites excluding steroid dienone is 1. The van der Waals surface area contributed by atoms with E-state index in [-0.39, 0.29) is 0 Å². The van der Waals surface area contributed by atoms with Gasteiger partial charge >= 0.3 is 7.00 Å². The van der Waals surface area contributed by atoms with E-state index in [2.05, 4.69) is 13.2 Å². The van der Waals surface area contributed by atoms with Gasteiger partial charge in [-0.05, 0) is 6.08 Å². The molecule has 0 amide bonds. The van der Waals surface area contributed by atoms with Gasteiger partial charge in [0.2, 0.25) is 0 Å². The lowest BCUT2D eigenvalue weighted by molar-refractivity contribution is 0.597. The van der Waals surface area contributed by atoms with Gasteiger partial charge in [-0.1, -0.05) is 17.2 Å². The normalized spacial score (nSPS) is 10.4. The Morgan fingerprint density at radius 1 is 1.44 bits per heavy atom. The van der Waals surface area contributed by atoms with Crippen molar-refractivity contribution in [3.05, 3.63) is 25.3 Å². The zero-order valence-corrected chi connectivity index (χ0v) is 6.96. The summed E-state index contributed by atoms with van der Waals surface area (Å²) >= 11 is 1.42. The third-order valence-corrected chi connectivity index (χ3v) is 3.60. The molecular weight excluding hydrogens is 151 g/mol. The zero-order valence-electron chi connectivity index (χ0n) is 5.25. The lowest BCUT2D eigenvalue weighted by Gasteiger charge is -1.75. The van der Waals surface area contributed by atoms with E-state index in [0.29, 0.717) is 6.16 Å². The topological polar surface area (TPSA) is 17.1 Å². The molecule has 0 aromatic carbocycles. The molecule has 0 aliphatic heterocycles. The molecule has 0 aromatic heterocycles. The van der Waals surface area contributed by atoms with Crippen LogP contribution in [0.2, 0.25) is 0 Å². The molecule has 0 N–H and O–H groups in total. The van der Waals surface area contributed by atoms with Crippen molar-refractivity contribution < 1.29 is 4.57 Å². The molecule has 1 atom stereocenters. The van der Waals surface area contributed by atoms with Crippen molar-refractivity contribution in [2.45, 2.75) is 0 Å². The maximum absolute atomic E-state index is 10.8. The van der Waals surface area contributed by atoms with Crippen LogP contribution in [0.1, 0.15) is 0 Å². The van der Waals surface area contributed by atoms with Crippen LogP contribution in [0.4, 0.5) is 0 Å². The molecule has 0 aromatic rings. The van der Waals surface area contributed by atoms with E-state index >= 15 is 0 Å². The van der Waals surface area contributed by atoms with Crippen molar-refractivity contribution >= 4 is 18.4 Å². The van der Waals surface area contributed by atoms with Crippen molar-refractivity contribution in [1.29, 1.82) is 0 Å². The summed E-state index contributed by atoms with van der Waals surface area (Å²) < 4.78 is 10.8. The van der Waals surface area contributed by atoms with Crippen molar-refractivity contribution in [3.8, 4) is 0 Å². The van der Waals surface area contributed by atoms with Crippen molar-refractivity contribution in [3.63, 3.8) is 0 Å². The minimum atomic E-state index is -1.11. The Kier molecular flexibility index (Phi) is 6.01. The maximum Gasteiger partial charge on any atom is 0.414 e. The largest absolute Gasteiger partial charge is 0.414 e. The van der Waals surface area contributed by atoms with E-state index in [4.69, 9.17) is 0 Å². The van der Waals surface area contributed by atoms with E-state index in [1.807, 2.05) is 0 Å². The molecule has 9 heavy (non-hydrogen) atoms. The van der Waals surface area contributed by atoms with Crippen LogP contribution in [-0.4, -0.2) is 11.9 Å². The second-order valence-corrected chi connectivity index (χ2v) is 5.01. The first-order valence-electron chi connectivity index (χ1n) is 2.60. The molecule has 0 heterocycles. The highest BCUT2D eigenvalue weighted by Crippen LogP contribution is 2.36. The Bertz CT molecular complexity index is 122. The van der Waals surface area contributed by atoms with E-state index in [1.54, 1.807) is 12.2 Å². The summed E-state index contributed by atoms with van der Waals surface area (Å²) in [7, 11) is -1.11. The van der Waals surface area contributed by atoms with Crippen LogP contribution in [0, 0.1) is 0 Å². The van der Waals surface area contributed by atoms with E-state index in [1.165, 1.54) is 11.4 Å². The summed E-state index contributed by atoms with van der Waals surface area (Å²) in [6, 6.07) is 0. The zero-order chi connectivity index (χ0) is 7.11. The molecule has 0 rings (SSSR count). The van der Waals surface area contributed by atoms with Gasteiger partial charge in [-0.2, -0.15) is 0 Å². The second-order valence-electron chi connectivity index (χ2n) is 1.39. The quantitative estimate of drug-likeness (QED) is 0.455. The molecule has 3 heteroatoms. The fourth-order valence-corrected chi connectivity index (χ4v) is 2.33. The SMILES string of the molecule is C=CCS[P+](=O)CC=C. The van der Waals surface area contributed by atoms with Crippen molar-refractivity contribution in [2.75, 3.05) is 11.9 Å². The summed E-state index contributed by atoms with van der Waals surface area (Å²) in [6.45, 7) is 7.00. The fourth-order valence-electron chi connectivity index (χ4n) is 0.294. The molecule has 0 fully saturated rings. The first-order valence-corrected chi connectivity index (χ1v) is 5.64. The lowest BCUT2D eigenvalue weighted by Crippen LogP contribution is -1.66. The fraction of sp³-hybridized carbons (Fsp3) is 0.333. The van der Waals surface area contributed by atoms with Crippen LogP contribution in [0.3, 0.4) is 0 Å². The van der Waals surface area contributed by atoms with Gasteiger partial charge in [0.1, 0.15) is 11.4 Å². The Hall–Kier alpha value is -0.0700. The molecule has 0 aliphatic rings. The van der Waals surface area contributed by atoms with Crippen LogP contribution in [-0.2, 0) is 4.57 Å². The standard InChI is InChI=1S/C6H10OPS/c1-3-5-8(7)9-6-4-2/h3-4H,1-2,5-6H2/q+1. The van der Waals surface area contributed by atoms with Gasteiger partial charge in [-0.15, -0.1) is 6.58 Å². The van der Waals surface area contributed by atoms with E-state index in [0.717, 1.165) is 5.75 Å². The Morgan fingerprint density at radius 3 is 2.56 bits per heavy atom. The number of hydrogen-bond acceptors (Lipinski definition) is 2. The second kappa shape index (κ2) is 6.06. The average molecular weight is 161 g/mol. The molecule has 0 aliphatic carbocycles. The predicted molar refractivity (Wildman–Crippen MR) is 45.3 cm³/mol. The average Bonchev–Trinajstić information content (AvgIpc) is 1.85. The minimum absolute atomic E-state index is 0.605. The predicted octanol–water partition coefficient (Wildman–Crippen LogP) is 2.83. The first kappa shape index (κ1) is 8.93. The Balaban J connectivity index is 3.26. The van der Waals surface area contributed by atoms with Gasteiger partial charge in [0.05, 0.1) is 5.75 Å². The van der Waals surface area contributed by atoms with Gasteiger partial charge in [0.25, 0.3) is 0 Å². The van der Waals surface area contributed by atoms with Crippen LogP contribution in [0.5, 0.6) is 0 Å². The molecule has 0 radical (unpaired) electrons. The Labute approximate surface area is 60.8 Å².